The van der Waals surface area contributed by atoms with E-state index in [9.17, 15) is 8.42 Å². The molecule has 0 aliphatic carbocycles. The summed E-state index contributed by atoms with van der Waals surface area (Å²) >= 11 is 0. The van der Waals surface area contributed by atoms with Gasteiger partial charge in [-0.1, -0.05) is 13.8 Å². The molecular weight excluding hydrogens is 250 g/mol. The van der Waals surface area contributed by atoms with E-state index in [1.165, 1.54) is 6.26 Å². The Bertz CT molecular complexity index is 512. The highest BCUT2D eigenvalue weighted by molar-refractivity contribution is 7.90. The topological polar surface area (TPSA) is 72.0 Å². The maximum Gasteiger partial charge on any atom is 0.157 e. The molecule has 0 saturated carbocycles. The Hall–Kier alpha value is -1.17. The molecule has 102 valence electrons. The third-order valence-electron chi connectivity index (χ3n) is 2.72. The number of sulfone groups is 1. The largest absolute Gasteiger partial charge is 0.370 e. The molecule has 0 bridgehead atoms. The van der Waals surface area contributed by atoms with Crippen molar-refractivity contribution in [3.63, 3.8) is 0 Å². The van der Waals surface area contributed by atoms with E-state index in [2.05, 4.69) is 15.3 Å². The predicted octanol–water partition coefficient (Wildman–Crippen LogP) is 2.14. The third-order valence-corrected chi connectivity index (χ3v) is 4.21. The van der Waals surface area contributed by atoms with E-state index < -0.39 is 15.1 Å². The van der Waals surface area contributed by atoms with Crippen LogP contribution in [-0.4, -0.2) is 31.2 Å². The fraction of sp³-hybridized carbons (Fsp3) is 0.667. The standard InChI is InChI=1S/C12H21N3O2S/c1-6-13-11-7-10(8(2)3)14-12(15-11)9(4)18(5,16)17/h7-9H,6H2,1-5H3,(H,13,14,15). The molecule has 0 amide bonds. The van der Waals surface area contributed by atoms with Gasteiger partial charge in [-0.05, 0) is 19.8 Å². The summed E-state index contributed by atoms with van der Waals surface area (Å²) in [6.45, 7) is 8.36. The zero-order valence-electron chi connectivity index (χ0n) is 11.6. The maximum absolute atomic E-state index is 11.6. The summed E-state index contributed by atoms with van der Waals surface area (Å²) in [5.74, 6) is 1.28. The van der Waals surface area contributed by atoms with Crippen LogP contribution in [0.15, 0.2) is 6.07 Å². The first-order valence-corrected chi connectivity index (χ1v) is 8.02. The highest BCUT2D eigenvalue weighted by Gasteiger charge is 2.21. The van der Waals surface area contributed by atoms with Crippen molar-refractivity contribution in [1.82, 2.24) is 9.97 Å². The molecule has 0 aromatic carbocycles. The van der Waals surface area contributed by atoms with Gasteiger partial charge in [-0.3, -0.25) is 0 Å². The average Bonchev–Trinajstić information content (AvgIpc) is 2.26. The van der Waals surface area contributed by atoms with Crippen molar-refractivity contribution in [2.24, 2.45) is 0 Å². The Morgan fingerprint density at radius 3 is 2.33 bits per heavy atom. The van der Waals surface area contributed by atoms with Crippen LogP contribution in [0.5, 0.6) is 0 Å². The van der Waals surface area contributed by atoms with Crippen molar-refractivity contribution in [3.05, 3.63) is 17.6 Å². The Kier molecular flexibility index (Phi) is 4.67. The number of nitrogens with one attached hydrogen (secondary N) is 1. The molecule has 0 spiro atoms. The van der Waals surface area contributed by atoms with E-state index in [1.807, 2.05) is 26.8 Å². The minimum absolute atomic E-state index is 0.232. The molecule has 1 unspecified atom stereocenters. The quantitative estimate of drug-likeness (QED) is 0.888. The van der Waals surface area contributed by atoms with Crippen molar-refractivity contribution in [3.8, 4) is 0 Å². The molecular formula is C12H21N3O2S. The van der Waals surface area contributed by atoms with Gasteiger partial charge in [0.05, 0.1) is 0 Å². The highest BCUT2D eigenvalue weighted by Crippen LogP contribution is 2.22. The SMILES string of the molecule is CCNc1cc(C(C)C)nc(C(C)S(C)(=O)=O)n1. The summed E-state index contributed by atoms with van der Waals surface area (Å²) in [5.41, 5.74) is 0.853. The van der Waals surface area contributed by atoms with Crippen molar-refractivity contribution >= 4 is 15.7 Å². The van der Waals surface area contributed by atoms with Gasteiger partial charge in [-0.25, -0.2) is 18.4 Å². The van der Waals surface area contributed by atoms with Gasteiger partial charge in [0.2, 0.25) is 0 Å². The molecule has 0 aliphatic heterocycles. The molecule has 1 rings (SSSR count). The summed E-state index contributed by atoms with van der Waals surface area (Å²) in [6, 6.07) is 1.87. The molecule has 1 aromatic heterocycles. The lowest BCUT2D eigenvalue weighted by Gasteiger charge is -2.14. The van der Waals surface area contributed by atoms with Crippen LogP contribution < -0.4 is 5.32 Å². The third kappa shape index (κ3) is 3.66. The molecule has 0 saturated heterocycles. The van der Waals surface area contributed by atoms with Crippen molar-refractivity contribution in [2.75, 3.05) is 18.1 Å². The summed E-state index contributed by atoms with van der Waals surface area (Å²) < 4.78 is 23.2. The number of anilines is 1. The van der Waals surface area contributed by atoms with Crippen LogP contribution in [0.25, 0.3) is 0 Å². The first-order valence-electron chi connectivity index (χ1n) is 6.07. The number of aromatic nitrogens is 2. The molecule has 0 aliphatic rings. The molecule has 18 heavy (non-hydrogen) atoms. The zero-order chi connectivity index (χ0) is 13.9. The monoisotopic (exact) mass is 271 g/mol. The Morgan fingerprint density at radius 1 is 1.28 bits per heavy atom. The lowest BCUT2D eigenvalue weighted by atomic mass is 10.1. The molecule has 5 nitrogen and oxygen atoms in total. The van der Waals surface area contributed by atoms with E-state index in [-0.39, 0.29) is 5.92 Å². The molecule has 6 heteroatoms. The van der Waals surface area contributed by atoms with E-state index in [1.54, 1.807) is 6.92 Å². The van der Waals surface area contributed by atoms with Crippen LogP contribution in [0.2, 0.25) is 0 Å². The molecule has 0 fully saturated rings. The molecule has 1 heterocycles. The van der Waals surface area contributed by atoms with Gasteiger partial charge >= 0.3 is 0 Å². The van der Waals surface area contributed by atoms with E-state index in [4.69, 9.17) is 0 Å². The lowest BCUT2D eigenvalue weighted by Crippen LogP contribution is -2.14. The minimum atomic E-state index is -3.18. The molecule has 1 N–H and O–H groups in total. The van der Waals surface area contributed by atoms with Gasteiger partial charge in [0.25, 0.3) is 0 Å². The van der Waals surface area contributed by atoms with Crippen LogP contribution in [0, 0.1) is 0 Å². The normalized spacial score (nSPS) is 13.7. The fourth-order valence-electron chi connectivity index (χ4n) is 1.43. The summed E-state index contributed by atoms with van der Waals surface area (Å²) in [5, 5.41) is 2.42. The second kappa shape index (κ2) is 5.65. The number of hydrogen-bond donors (Lipinski definition) is 1. The first kappa shape index (κ1) is 14.9. The van der Waals surface area contributed by atoms with Crippen LogP contribution in [0.3, 0.4) is 0 Å². The second-order valence-corrected chi connectivity index (χ2v) is 7.06. The molecule has 1 aromatic rings. The van der Waals surface area contributed by atoms with Gasteiger partial charge in [0, 0.05) is 24.6 Å². The van der Waals surface area contributed by atoms with Crippen LogP contribution >= 0.6 is 0 Å². The Labute approximate surface area is 109 Å². The maximum atomic E-state index is 11.6. The second-order valence-electron chi connectivity index (χ2n) is 4.69. The van der Waals surface area contributed by atoms with Gasteiger partial charge in [-0.2, -0.15) is 0 Å². The van der Waals surface area contributed by atoms with Crippen molar-refractivity contribution in [1.29, 1.82) is 0 Å². The Balaban J connectivity index is 3.26. The van der Waals surface area contributed by atoms with Gasteiger partial charge < -0.3 is 5.32 Å². The molecule has 1 atom stereocenters. The summed E-state index contributed by atoms with van der Waals surface area (Å²) in [7, 11) is -3.18. The Morgan fingerprint density at radius 2 is 1.89 bits per heavy atom. The highest BCUT2D eigenvalue weighted by atomic mass is 32.2. The van der Waals surface area contributed by atoms with Crippen LogP contribution in [-0.2, 0) is 9.84 Å². The van der Waals surface area contributed by atoms with Crippen molar-refractivity contribution < 1.29 is 8.42 Å². The predicted molar refractivity (Wildman–Crippen MR) is 73.5 cm³/mol. The van der Waals surface area contributed by atoms with Crippen LogP contribution in [0.4, 0.5) is 5.82 Å². The van der Waals surface area contributed by atoms with Gasteiger partial charge in [0.15, 0.2) is 9.84 Å². The fourth-order valence-corrected chi connectivity index (χ4v) is 1.91. The average molecular weight is 271 g/mol. The first-order chi connectivity index (χ1) is 8.25. The number of hydrogen-bond acceptors (Lipinski definition) is 5. The number of rotatable bonds is 5. The lowest BCUT2D eigenvalue weighted by molar-refractivity contribution is 0.588. The van der Waals surface area contributed by atoms with Crippen LogP contribution in [0.1, 0.15) is 50.4 Å². The zero-order valence-corrected chi connectivity index (χ0v) is 12.4. The molecule has 0 radical (unpaired) electrons. The number of nitrogens with zero attached hydrogens (tertiary/aromatic N) is 2. The van der Waals surface area contributed by atoms with E-state index in [0.717, 1.165) is 12.2 Å². The summed E-state index contributed by atoms with van der Waals surface area (Å²) in [6.07, 6.45) is 1.20. The van der Waals surface area contributed by atoms with E-state index in [0.29, 0.717) is 11.6 Å². The minimum Gasteiger partial charge on any atom is -0.370 e. The van der Waals surface area contributed by atoms with Gasteiger partial charge in [0.1, 0.15) is 16.9 Å². The smallest absolute Gasteiger partial charge is 0.157 e. The van der Waals surface area contributed by atoms with Gasteiger partial charge in [-0.15, -0.1) is 0 Å². The van der Waals surface area contributed by atoms with E-state index >= 15 is 0 Å². The van der Waals surface area contributed by atoms with Crippen molar-refractivity contribution in [2.45, 2.75) is 38.9 Å². The summed E-state index contributed by atoms with van der Waals surface area (Å²) in [4.78, 5) is 8.62.